The Morgan fingerprint density at radius 2 is 1.71 bits per heavy atom. The second kappa shape index (κ2) is 7.24. The molecule has 1 N–H and O–H groups in total. The van der Waals surface area contributed by atoms with Crippen LogP contribution in [0.1, 0.15) is 46.0 Å². The molecule has 2 nitrogen and oxygen atoms in total. The number of hydrogen-bond donors (Lipinski definition) is 1. The number of nitrogens with zero attached hydrogens (tertiary/aromatic N) is 1. The van der Waals surface area contributed by atoms with Crippen molar-refractivity contribution in [3.05, 3.63) is 0 Å². The Hall–Kier alpha value is -0.0800. The topological polar surface area (TPSA) is 15.3 Å². The maximum Gasteiger partial charge on any atom is 0.0218 e. The van der Waals surface area contributed by atoms with Gasteiger partial charge in [-0.3, -0.25) is 4.90 Å². The molecule has 1 aliphatic heterocycles. The van der Waals surface area contributed by atoms with Crippen LogP contribution in [0.15, 0.2) is 0 Å². The van der Waals surface area contributed by atoms with Gasteiger partial charge in [-0.2, -0.15) is 0 Å². The molecule has 1 atom stereocenters. The van der Waals surface area contributed by atoms with Gasteiger partial charge < -0.3 is 5.32 Å². The van der Waals surface area contributed by atoms with Crippen LogP contribution in [0.2, 0.25) is 0 Å². The van der Waals surface area contributed by atoms with Crippen molar-refractivity contribution in [1.82, 2.24) is 10.2 Å². The normalized spacial score (nSPS) is 21.9. The van der Waals surface area contributed by atoms with Gasteiger partial charge in [0.2, 0.25) is 0 Å². The molecule has 2 heteroatoms. The molecule has 0 amide bonds. The summed E-state index contributed by atoms with van der Waals surface area (Å²) in [5.41, 5.74) is 0. The van der Waals surface area contributed by atoms with Crippen molar-refractivity contribution in [2.24, 2.45) is 0 Å². The number of hydrogen-bond acceptors (Lipinski definition) is 2. The standard InChI is InChI=1S/C12H26N2/c1-3-12(11-13-4-2)14-9-7-5-6-8-10-14/h12-13H,3-11H2,1-2H3. The lowest BCUT2D eigenvalue weighted by atomic mass is 10.2. The first-order valence-corrected chi connectivity index (χ1v) is 6.33. The molecule has 1 rings (SSSR count). The molecular weight excluding hydrogens is 172 g/mol. The molecule has 1 unspecified atom stereocenters. The minimum absolute atomic E-state index is 0.771. The fourth-order valence-corrected chi connectivity index (χ4v) is 2.30. The van der Waals surface area contributed by atoms with Crippen LogP contribution in [-0.4, -0.2) is 37.1 Å². The Balaban J connectivity index is 2.32. The zero-order valence-corrected chi connectivity index (χ0v) is 9.89. The van der Waals surface area contributed by atoms with Gasteiger partial charge in [0.25, 0.3) is 0 Å². The van der Waals surface area contributed by atoms with Crippen LogP contribution < -0.4 is 5.32 Å². The van der Waals surface area contributed by atoms with E-state index in [1.165, 1.54) is 51.7 Å². The molecule has 0 saturated carbocycles. The van der Waals surface area contributed by atoms with E-state index in [0.717, 1.165) is 12.6 Å². The Bertz CT molecular complexity index is 128. The van der Waals surface area contributed by atoms with Gasteiger partial charge in [0.05, 0.1) is 0 Å². The Morgan fingerprint density at radius 1 is 1.07 bits per heavy atom. The van der Waals surface area contributed by atoms with Crippen LogP contribution in [0.4, 0.5) is 0 Å². The zero-order chi connectivity index (χ0) is 10.2. The molecule has 1 heterocycles. The summed E-state index contributed by atoms with van der Waals surface area (Å²) in [6, 6.07) is 0.771. The maximum absolute atomic E-state index is 3.48. The van der Waals surface area contributed by atoms with Crippen molar-refractivity contribution in [2.45, 2.75) is 52.0 Å². The third-order valence-corrected chi connectivity index (χ3v) is 3.26. The van der Waals surface area contributed by atoms with Gasteiger partial charge >= 0.3 is 0 Å². The highest BCUT2D eigenvalue weighted by atomic mass is 15.2. The zero-order valence-electron chi connectivity index (χ0n) is 9.89. The second-order valence-electron chi connectivity index (χ2n) is 4.32. The summed E-state index contributed by atoms with van der Waals surface area (Å²) in [5, 5.41) is 3.48. The summed E-state index contributed by atoms with van der Waals surface area (Å²) in [6.45, 7) is 9.42. The fourth-order valence-electron chi connectivity index (χ4n) is 2.30. The monoisotopic (exact) mass is 198 g/mol. The summed E-state index contributed by atoms with van der Waals surface area (Å²) in [6.07, 6.45) is 6.97. The molecule has 1 saturated heterocycles. The lowest BCUT2D eigenvalue weighted by Gasteiger charge is -2.29. The van der Waals surface area contributed by atoms with Crippen LogP contribution in [0, 0.1) is 0 Å². The van der Waals surface area contributed by atoms with Gasteiger partial charge in [0.1, 0.15) is 0 Å². The molecule has 1 aliphatic rings. The molecule has 0 aromatic heterocycles. The van der Waals surface area contributed by atoms with Gasteiger partial charge in [-0.25, -0.2) is 0 Å². The first kappa shape index (κ1) is 12.0. The molecule has 0 radical (unpaired) electrons. The summed E-state index contributed by atoms with van der Waals surface area (Å²) in [4.78, 5) is 2.69. The van der Waals surface area contributed by atoms with Crippen LogP contribution in [0.3, 0.4) is 0 Å². The van der Waals surface area contributed by atoms with Crippen LogP contribution in [0.5, 0.6) is 0 Å². The molecule has 0 aromatic carbocycles. The van der Waals surface area contributed by atoms with E-state index in [2.05, 4.69) is 24.1 Å². The summed E-state index contributed by atoms with van der Waals surface area (Å²) in [7, 11) is 0. The van der Waals surface area contributed by atoms with Crippen LogP contribution >= 0.6 is 0 Å². The lowest BCUT2D eigenvalue weighted by molar-refractivity contribution is 0.194. The predicted octanol–water partition coefficient (Wildman–Crippen LogP) is 2.25. The third-order valence-electron chi connectivity index (χ3n) is 3.26. The van der Waals surface area contributed by atoms with E-state index >= 15 is 0 Å². The van der Waals surface area contributed by atoms with Crippen LogP contribution in [-0.2, 0) is 0 Å². The predicted molar refractivity (Wildman–Crippen MR) is 62.7 cm³/mol. The number of rotatable bonds is 5. The van der Waals surface area contributed by atoms with E-state index in [1.807, 2.05) is 0 Å². The highest BCUT2D eigenvalue weighted by Gasteiger charge is 2.17. The molecule has 0 spiro atoms. The van der Waals surface area contributed by atoms with Crippen molar-refractivity contribution in [1.29, 1.82) is 0 Å². The molecule has 14 heavy (non-hydrogen) atoms. The van der Waals surface area contributed by atoms with Gasteiger partial charge in [-0.05, 0) is 38.9 Å². The van der Waals surface area contributed by atoms with Crippen molar-refractivity contribution in [3.63, 3.8) is 0 Å². The van der Waals surface area contributed by atoms with E-state index < -0.39 is 0 Å². The first-order chi connectivity index (χ1) is 6.88. The first-order valence-electron chi connectivity index (χ1n) is 6.33. The molecule has 0 aliphatic carbocycles. The molecule has 0 bridgehead atoms. The van der Waals surface area contributed by atoms with E-state index in [1.54, 1.807) is 0 Å². The highest BCUT2D eigenvalue weighted by Crippen LogP contribution is 2.13. The van der Waals surface area contributed by atoms with Crippen molar-refractivity contribution in [2.75, 3.05) is 26.2 Å². The summed E-state index contributed by atoms with van der Waals surface area (Å²) >= 11 is 0. The van der Waals surface area contributed by atoms with E-state index in [4.69, 9.17) is 0 Å². The van der Waals surface area contributed by atoms with E-state index in [9.17, 15) is 0 Å². The summed E-state index contributed by atoms with van der Waals surface area (Å²) in [5.74, 6) is 0. The average Bonchev–Trinajstić information content (AvgIpc) is 2.48. The van der Waals surface area contributed by atoms with Gasteiger partial charge in [-0.15, -0.1) is 0 Å². The van der Waals surface area contributed by atoms with E-state index in [-0.39, 0.29) is 0 Å². The minimum atomic E-state index is 0.771. The molecular formula is C12H26N2. The molecule has 1 fully saturated rings. The smallest absolute Gasteiger partial charge is 0.0218 e. The van der Waals surface area contributed by atoms with Crippen LogP contribution in [0.25, 0.3) is 0 Å². The van der Waals surface area contributed by atoms with Gasteiger partial charge in [-0.1, -0.05) is 26.7 Å². The number of likely N-dealkylation sites (N-methyl/N-ethyl adjacent to an activating group) is 1. The lowest BCUT2D eigenvalue weighted by Crippen LogP contribution is -2.42. The number of likely N-dealkylation sites (tertiary alicyclic amines) is 1. The second-order valence-corrected chi connectivity index (χ2v) is 4.32. The Morgan fingerprint density at radius 3 is 2.21 bits per heavy atom. The highest BCUT2D eigenvalue weighted by molar-refractivity contribution is 4.74. The van der Waals surface area contributed by atoms with E-state index in [0.29, 0.717) is 0 Å². The largest absolute Gasteiger partial charge is 0.315 e. The fraction of sp³-hybridized carbons (Fsp3) is 1.00. The minimum Gasteiger partial charge on any atom is -0.315 e. The Labute approximate surface area is 89.1 Å². The van der Waals surface area contributed by atoms with Crippen molar-refractivity contribution in [3.8, 4) is 0 Å². The average molecular weight is 198 g/mol. The van der Waals surface area contributed by atoms with Crippen molar-refractivity contribution >= 4 is 0 Å². The molecule has 84 valence electrons. The van der Waals surface area contributed by atoms with Crippen molar-refractivity contribution < 1.29 is 0 Å². The maximum atomic E-state index is 3.48. The Kier molecular flexibility index (Phi) is 6.20. The quantitative estimate of drug-likeness (QED) is 0.729. The molecule has 0 aromatic rings. The SMILES string of the molecule is CCNCC(CC)N1CCCCCC1. The van der Waals surface area contributed by atoms with Gasteiger partial charge in [0, 0.05) is 12.6 Å². The third kappa shape index (κ3) is 3.97. The summed E-state index contributed by atoms with van der Waals surface area (Å²) < 4.78 is 0. The number of nitrogens with one attached hydrogen (secondary N) is 1. The van der Waals surface area contributed by atoms with Gasteiger partial charge in [0.15, 0.2) is 0 Å².